The molecule has 0 spiro atoms. The molecular weight excluding hydrogens is 338 g/mol. The van der Waals surface area contributed by atoms with E-state index in [9.17, 15) is 5.11 Å². The van der Waals surface area contributed by atoms with E-state index < -0.39 is 5.60 Å². The van der Waals surface area contributed by atoms with Gasteiger partial charge in [0.1, 0.15) is 11.5 Å². The Morgan fingerprint density at radius 3 is 2.74 bits per heavy atom. The molecule has 0 amide bonds. The van der Waals surface area contributed by atoms with E-state index in [0.717, 1.165) is 56.2 Å². The average molecular weight is 367 g/mol. The maximum absolute atomic E-state index is 10.1. The minimum Gasteiger partial charge on any atom is -0.389 e. The number of anilines is 1. The van der Waals surface area contributed by atoms with E-state index in [1.54, 1.807) is 6.20 Å². The number of hydrogen-bond acceptors (Lipinski definition) is 6. The van der Waals surface area contributed by atoms with Gasteiger partial charge in [0.2, 0.25) is 0 Å². The van der Waals surface area contributed by atoms with Crippen molar-refractivity contribution in [3.05, 3.63) is 35.7 Å². The number of β-amino-alcohol motifs (C(OH)–C–C–N with tert-alkyl or cyclic N) is 1. The molecule has 4 rings (SSSR count). The highest BCUT2D eigenvalue weighted by molar-refractivity contribution is 5.59. The summed E-state index contributed by atoms with van der Waals surface area (Å²) in [6.07, 6.45) is 5.03. The van der Waals surface area contributed by atoms with Gasteiger partial charge in [-0.05, 0) is 52.2 Å². The zero-order valence-corrected chi connectivity index (χ0v) is 16.5. The molecule has 0 bridgehead atoms. The van der Waals surface area contributed by atoms with Gasteiger partial charge in [-0.3, -0.25) is 9.88 Å². The van der Waals surface area contributed by atoms with Crippen molar-refractivity contribution in [3.8, 4) is 11.5 Å². The quantitative estimate of drug-likeness (QED) is 0.895. The molecule has 1 N–H and O–H groups in total. The van der Waals surface area contributed by atoms with Crippen LogP contribution in [-0.2, 0) is 12.8 Å². The first-order valence-electron chi connectivity index (χ1n) is 9.93. The third-order valence-electron chi connectivity index (χ3n) is 5.40. The third-order valence-corrected chi connectivity index (χ3v) is 5.40. The molecule has 3 heterocycles. The van der Waals surface area contributed by atoms with Gasteiger partial charge in [-0.25, -0.2) is 9.97 Å². The lowest BCUT2D eigenvalue weighted by Crippen LogP contribution is -2.55. The van der Waals surface area contributed by atoms with Gasteiger partial charge < -0.3 is 10.0 Å². The second kappa shape index (κ2) is 7.17. The van der Waals surface area contributed by atoms with Crippen molar-refractivity contribution in [3.63, 3.8) is 0 Å². The molecule has 144 valence electrons. The Morgan fingerprint density at radius 1 is 1.19 bits per heavy atom. The second-order valence-corrected chi connectivity index (χ2v) is 8.45. The van der Waals surface area contributed by atoms with Crippen molar-refractivity contribution in [1.29, 1.82) is 0 Å². The Kier molecular flexibility index (Phi) is 4.86. The minimum atomic E-state index is -0.662. The van der Waals surface area contributed by atoms with E-state index in [-0.39, 0.29) is 0 Å². The normalized spacial score (nSPS) is 20.7. The van der Waals surface area contributed by atoms with Crippen LogP contribution < -0.4 is 4.90 Å². The van der Waals surface area contributed by atoms with Gasteiger partial charge in [0.15, 0.2) is 5.82 Å². The van der Waals surface area contributed by atoms with Crippen LogP contribution in [-0.4, -0.2) is 62.8 Å². The highest BCUT2D eigenvalue weighted by Crippen LogP contribution is 2.33. The first-order valence-corrected chi connectivity index (χ1v) is 9.93. The molecule has 1 aliphatic heterocycles. The summed E-state index contributed by atoms with van der Waals surface area (Å²) in [7, 11) is 0. The SMILES string of the molecule is CC1CN(CC(C)(C)O)CCN1c1nc(-c2ccccn2)nc2c1CCC2. The van der Waals surface area contributed by atoms with Gasteiger partial charge in [0, 0.05) is 49.7 Å². The summed E-state index contributed by atoms with van der Waals surface area (Å²) in [6, 6.07) is 6.22. The molecule has 27 heavy (non-hydrogen) atoms. The molecule has 0 radical (unpaired) electrons. The number of fused-ring (bicyclic) bond motifs is 1. The lowest BCUT2D eigenvalue weighted by atomic mass is 10.1. The van der Waals surface area contributed by atoms with Crippen LogP contribution in [0.4, 0.5) is 5.82 Å². The largest absolute Gasteiger partial charge is 0.389 e. The predicted molar refractivity (Wildman–Crippen MR) is 107 cm³/mol. The van der Waals surface area contributed by atoms with Crippen LogP contribution in [0, 0.1) is 0 Å². The molecule has 2 aliphatic rings. The van der Waals surface area contributed by atoms with E-state index in [1.807, 2.05) is 32.0 Å². The molecule has 1 atom stereocenters. The first kappa shape index (κ1) is 18.3. The number of pyridine rings is 1. The van der Waals surface area contributed by atoms with Crippen LogP contribution in [0.2, 0.25) is 0 Å². The number of aliphatic hydroxyl groups is 1. The fraction of sp³-hybridized carbons (Fsp3) is 0.571. The standard InChI is InChI=1S/C21H29N5O/c1-15-13-25(14-21(2,3)27)11-12-26(15)20-16-7-6-9-17(16)23-19(24-20)18-8-4-5-10-22-18/h4-5,8,10,15,27H,6-7,9,11-14H2,1-3H3. The molecule has 1 saturated heterocycles. The number of aryl methyl sites for hydroxylation is 1. The van der Waals surface area contributed by atoms with Crippen LogP contribution in [0.1, 0.15) is 38.4 Å². The lowest BCUT2D eigenvalue weighted by molar-refractivity contribution is 0.0307. The van der Waals surface area contributed by atoms with E-state index in [1.165, 1.54) is 11.3 Å². The van der Waals surface area contributed by atoms with Crippen molar-refractivity contribution in [2.24, 2.45) is 0 Å². The van der Waals surface area contributed by atoms with Crippen LogP contribution in [0.5, 0.6) is 0 Å². The summed E-state index contributed by atoms with van der Waals surface area (Å²) in [4.78, 5) is 19.0. The fourth-order valence-electron chi connectivity index (χ4n) is 4.30. The number of aromatic nitrogens is 3. The van der Waals surface area contributed by atoms with Gasteiger partial charge in [-0.2, -0.15) is 0 Å². The summed E-state index contributed by atoms with van der Waals surface area (Å²) in [5.41, 5.74) is 2.68. The zero-order chi connectivity index (χ0) is 19.0. The molecule has 1 aliphatic carbocycles. The number of nitrogens with zero attached hydrogens (tertiary/aromatic N) is 5. The molecule has 1 fully saturated rings. The lowest BCUT2D eigenvalue weighted by Gasteiger charge is -2.42. The minimum absolute atomic E-state index is 0.345. The van der Waals surface area contributed by atoms with Crippen molar-refractivity contribution < 1.29 is 5.11 Å². The van der Waals surface area contributed by atoms with Crippen LogP contribution in [0.25, 0.3) is 11.5 Å². The highest BCUT2D eigenvalue weighted by atomic mass is 16.3. The van der Waals surface area contributed by atoms with Gasteiger partial charge in [-0.15, -0.1) is 0 Å². The number of rotatable bonds is 4. The molecule has 6 heteroatoms. The Bertz CT molecular complexity index is 802. The molecule has 0 saturated carbocycles. The highest BCUT2D eigenvalue weighted by Gasteiger charge is 2.31. The van der Waals surface area contributed by atoms with Crippen molar-refractivity contribution in [2.45, 2.75) is 51.7 Å². The van der Waals surface area contributed by atoms with Crippen LogP contribution in [0.3, 0.4) is 0 Å². The van der Waals surface area contributed by atoms with Gasteiger partial charge in [0.05, 0.1) is 5.60 Å². The van der Waals surface area contributed by atoms with Crippen molar-refractivity contribution in [1.82, 2.24) is 19.9 Å². The molecule has 2 aromatic rings. The van der Waals surface area contributed by atoms with Crippen molar-refractivity contribution in [2.75, 3.05) is 31.1 Å². The third kappa shape index (κ3) is 3.96. The Morgan fingerprint density at radius 2 is 2.04 bits per heavy atom. The number of hydrogen-bond donors (Lipinski definition) is 1. The van der Waals surface area contributed by atoms with E-state index in [0.29, 0.717) is 12.6 Å². The smallest absolute Gasteiger partial charge is 0.180 e. The molecule has 1 unspecified atom stereocenters. The monoisotopic (exact) mass is 367 g/mol. The first-order chi connectivity index (χ1) is 12.9. The summed E-state index contributed by atoms with van der Waals surface area (Å²) in [5.74, 6) is 1.82. The van der Waals surface area contributed by atoms with Crippen LogP contribution in [0.15, 0.2) is 24.4 Å². The van der Waals surface area contributed by atoms with Gasteiger partial charge in [-0.1, -0.05) is 6.07 Å². The maximum Gasteiger partial charge on any atom is 0.180 e. The molecule has 2 aromatic heterocycles. The summed E-state index contributed by atoms with van der Waals surface area (Å²) in [6.45, 7) is 9.49. The van der Waals surface area contributed by atoms with E-state index in [4.69, 9.17) is 9.97 Å². The Hall–Kier alpha value is -2.05. The predicted octanol–water partition coefficient (Wildman–Crippen LogP) is 2.31. The van der Waals surface area contributed by atoms with E-state index >= 15 is 0 Å². The summed E-state index contributed by atoms with van der Waals surface area (Å²) < 4.78 is 0. The molecule has 6 nitrogen and oxygen atoms in total. The second-order valence-electron chi connectivity index (χ2n) is 8.45. The molecule has 0 aromatic carbocycles. The summed E-state index contributed by atoms with van der Waals surface area (Å²) in [5, 5.41) is 10.1. The van der Waals surface area contributed by atoms with Crippen LogP contribution >= 0.6 is 0 Å². The van der Waals surface area contributed by atoms with Gasteiger partial charge >= 0.3 is 0 Å². The zero-order valence-electron chi connectivity index (χ0n) is 16.5. The Balaban J connectivity index is 1.63. The average Bonchev–Trinajstić information content (AvgIpc) is 3.09. The Labute approximate surface area is 161 Å². The topological polar surface area (TPSA) is 65.4 Å². The molecular formula is C21H29N5O. The number of piperazine rings is 1. The van der Waals surface area contributed by atoms with Crippen molar-refractivity contribution >= 4 is 5.82 Å². The summed E-state index contributed by atoms with van der Waals surface area (Å²) >= 11 is 0. The van der Waals surface area contributed by atoms with Gasteiger partial charge in [0.25, 0.3) is 0 Å². The van der Waals surface area contributed by atoms with E-state index in [2.05, 4.69) is 21.7 Å². The maximum atomic E-state index is 10.1. The fourth-order valence-corrected chi connectivity index (χ4v) is 4.30.